The van der Waals surface area contributed by atoms with Gasteiger partial charge in [-0.1, -0.05) is 0 Å². The average Bonchev–Trinajstić information content (AvgIpc) is 2.40. The molecule has 0 radical (unpaired) electrons. The molecule has 0 saturated heterocycles. The van der Waals surface area contributed by atoms with Crippen LogP contribution in [0.25, 0.3) is 0 Å². The number of hydrogen-bond acceptors (Lipinski definition) is 1. The molecular formula is C15H14OSe2. The van der Waals surface area contributed by atoms with E-state index in [1.54, 1.807) is 6.92 Å². The molecule has 2 aromatic rings. The van der Waals surface area contributed by atoms with E-state index in [-0.39, 0.29) is 33.6 Å². The van der Waals surface area contributed by atoms with Crippen molar-refractivity contribution >= 4 is 44.6 Å². The molecule has 0 aliphatic heterocycles. The van der Waals surface area contributed by atoms with Crippen molar-refractivity contribution in [3.8, 4) is 0 Å². The van der Waals surface area contributed by atoms with Crippen LogP contribution in [-0.4, -0.2) is 35.7 Å². The van der Waals surface area contributed by atoms with Gasteiger partial charge in [-0.15, -0.1) is 0 Å². The minimum absolute atomic E-state index is 0.204. The fraction of sp³-hybridized carbons (Fsp3) is 0.133. The molecule has 0 N–H and O–H groups in total. The van der Waals surface area contributed by atoms with Crippen molar-refractivity contribution in [3.63, 3.8) is 0 Å². The van der Waals surface area contributed by atoms with Crippen LogP contribution in [0.15, 0.2) is 60.7 Å². The quantitative estimate of drug-likeness (QED) is 0.729. The van der Waals surface area contributed by atoms with Crippen molar-refractivity contribution in [2.45, 2.75) is 10.6 Å². The Morgan fingerprint density at radius 2 is 1.22 bits per heavy atom. The summed E-state index contributed by atoms with van der Waals surface area (Å²) in [5.74, 6) is 0.322. The number of Topliss-reactive ketones (excluding diaryl/α,β-unsaturated/α-hetero) is 1. The van der Waals surface area contributed by atoms with E-state index in [0.717, 1.165) is 0 Å². The van der Waals surface area contributed by atoms with Crippen LogP contribution in [0.4, 0.5) is 0 Å². The molecule has 0 saturated carbocycles. The summed E-state index contributed by atoms with van der Waals surface area (Å²) >= 11 is 0.478. The SMILES string of the molecule is CC(=O)C([Se]c1ccccc1)[Se]c1ccccc1. The Bertz CT molecular complexity index is 455. The van der Waals surface area contributed by atoms with Crippen molar-refractivity contribution in [1.82, 2.24) is 0 Å². The van der Waals surface area contributed by atoms with Crippen LogP contribution < -0.4 is 8.92 Å². The zero-order chi connectivity index (χ0) is 12.8. The molecule has 0 heterocycles. The van der Waals surface area contributed by atoms with Crippen LogP contribution in [-0.2, 0) is 4.79 Å². The molecule has 0 bridgehead atoms. The van der Waals surface area contributed by atoms with E-state index >= 15 is 0 Å². The number of carbonyl (C=O) groups excluding carboxylic acids is 1. The second-order valence-corrected chi connectivity index (χ2v) is 10.3. The van der Waals surface area contributed by atoms with Crippen LogP contribution in [0, 0.1) is 0 Å². The monoisotopic (exact) mass is 370 g/mol. The van der Waals surface area contributed by atoms with Crippen LogP contribution in [0.1, 0.15) is 6.92 Å². The van der Waals surface area contributed by atoms with E-state index in [2.05, 4.69) is 24.3 Å². The Morgan fingerprint density at radius 3 is 1.56 bits per heavy atom. The number of benzene rings is 2. The predicted octanol–water partition coefficient (Wildman–Crippen LogP) is 1.38. The molecule has 0 unspecified atom stereocenters. The summed E-state index contributed by atoms with van der Waals surface area (Å²) in [7, 11) is 0. The zero-order valence-corrected chi connectivity index (χ0v) is 13.5. The molecule has 0 fully saturated rings. The van der Waals surface area contributed by atoms with E-state index in [1.165, 1.54) is 8.92 Å². The summed E-state index contributed by atoms with van der Waals surface area (Å²) in [6.07, 6.45) is 0. The molecule has 0 aromatic heterocycles. The first kappa shape index (κ1) is 13.6. The normalized spacial score (nSPS) is 10.6. The first-order valence-corrected chi connectivity index (χ1v) is 9.38. The summed E-state index contributed by atoms with van der Waals surface area (Å²) in [5, 5.41) is 0. The number of hydrogen-bond donors (Lipinski definition) is 0. The molecule has 18 heavy (non-hydrogen) atoms. The Labute approximate surface area is 120 Å². The third-order valence-electron chi connectivity index (χ3n) is 2.30. The molecular weight excluding hydrogens is 354 g/mol. The van der Waals surface area contributed by atoms with Gasteiger partial charge in [0.1, 0.15) is 0 Å². The van der Waals surface area contributed by atoms with Gasteiger partial charge in [0.05, 0.1) is 0 Å². The van der Waals surface area contributed by atoms with Crippen molar-refractivity contribution in [2.24, 2.45) is 0 Å². The van der Waals surface area contributed by atoms with E-state index in [4.69, 9.17) is 0 Å². The van der Waals surface area contributed by atoms with Crippen molar-refractivity contribution < 1.29 is 4.79 Å². The summed E-state index contributed by atoms with van der Waals surface area (Å²) in [4.78, 5) is 11.8. The topological polar surface area (TPSA) is 17.1 Å². The molecule has 1 nitrogen and oxygen atoms in total. The minimum atomic E-state index is 0.204. The molecule has 0 aliphatic carbocycles. The van der Waals surface area contributed by atoms with Crippen LogP contribution in [0.2, 0.25) is 3.71 Å². The van der Waals surface area contributed by atoms with Crippen molar-refractivity contribution in [2.75, 3.05) is 0 Å². The summed E-state index contributed by atoms with van der Waals surface area (Å²) in [6.45, 7) is 1.72. The Kier molecular flexibility index (Phi) is 5.22. The zero-order valence-electron chi connectivity index (χ0n) is 10.1. The average molecular weight is 368 g/mol. The Morgan fingerprint density at radius 1 is 0.833 bits per heavy atom. The predicted molar refractivity (Wildman–Crippen MR) is 78.1 cm³/mol. The van der Waals surface area contributed by atoms with E-state index < -0.39 is 0 Å². The molecule has 3 heteroatoms. The van der Waals surface area contributed by atoms with Crippen molar-refractivity contribution in [1.29, 1.82) is 0 Å². The van der Waals surface area contributed by atoms with E-state index in [0.29, 0.717) is 5.78 Å². The van der Waals surface area contributed by atoms with Gasteiger partial charge < -0.3 is 0 Å². The van der Waals surface area contributed by atoms with Crippen molar-refractivity contribution in [3.05, 3.63) is 60.7 Å². The fourth-order valence-corrected chi connectivity index (χ4v) is 7.54. The second-order valence-electron chi connectivity index (χ2n) is 3.80. The van der Waals surface area contributed by atoms with E-state index in [9.17, 15) is 4.79 Å². The van der Waals surface area contributed by atoms with Gasteiger partial charge >= 0.3 is 121 Å². The van der Waals surface area contributed by atoms with Gasteiger partial charge in [0, 0.05) is 0 Å². The van der Waals surface area contributed by atoms with Gasteiger partial charge in [-0.05, 0) is 0 Å². The maximum absolute atomic E-state index is 11.8. The third kappa shape index (κ3) is 4.11. The third-order valence-corrected chi connectivity index (χ3v) is 8.98. The number of carbonyl (C=O) groups is 1. The van der Waals surface area contributed by atoms with Crippen LogP contribution in [0.3, 0.4) is 0 Å². The van der Waals surface area contributed by atoms with Gasteiger partial charge in [0.25, 0.3) is 0 Å². The number of ketones is 1. The van der Waals surface area contributed by atoms with Gasteiger partial charge in [-0.25, -0.2) is 0 Å². The van der Waals surface area contributed by atoms with Gasteiger partial charge in [0.2, 0.25) is 0 Å². The first-order chi connectivity index (χ1) is 8.75. The van der Waals surface area contributed by atoms with Crippen LogP contribution in [0.5, 0.6) is 0 Å². The Balaban J connectivity index is 2.08. The van der Waals surface area contributed by atoms with E-state index in [1.807, 2.05) is 36.4 Å². The number of rotatable bonds is 5. The van der Waals surface area contributed by atoms with Crippen LogP contribution >= 0.6 is 0 Å². The molecule has 2 aromatic carbocycles. The second kappa shape index (κ2) is 6.92. The molecule has 0 spiro atoms. The Hall–Kier alpha value is -0.851. The fourth-order valence-electron chi connectivity index (χ4n) is 1.44. The molecule has 0 atom stereocenters. The molecule has 2 rings (SSSR count). The van der Waals surface area contributed by atoms with Gasteiger partial charge in [-0.2, -0.15) is 0 Å². The first-order valence-electron chi connectivity index (χ1n) is 5.69. The molecule has 0 aliphatic rings. The van der Waals surface area contributed by atoms with Gasteiger partial charge in [-0.3, -0.25) is 0 Å². The summed E-state index contributed by atoms with van der Waals surface area (Å²) in [5.41, 5.74) is 0. The summed E-state index contributed by atoms with van der Waals surface area (Å²) < 4.78 is 2.82. The standard InChI is InChI=1S/C15H14OSe2/c1-12(16)15(17-13-8-4-2-5-9-13)18-14-10-6-3-7-11-14/h2-11,15H,1H3. The molecule has 92 valence electrons. The molecule has 0 amide bonds. The maximum atomic E-state index is 11.8. The summed E-state index contributed by atoms with van der Waals surface area (Å²) in [6, 6.07) is 20.7. The van der Waals surface area contributed by atoms with Gasteiger partial charge in [0.15, 0.2) is 0 Å².